The summed E-state index contributed by atoms with van der Waals surface area (Å²) in [6.07, 6.45) is 0.877. The fraction of sp³-hybridized carbons (Fsp3) is 0.360. The van der Waals surface area contributed by atoms with Crippen molar-refractivity contribution in [2.75, 3.05) is 63.3 Å². The number of piperazine rings is 1. The number of rotatable bonds is 9. The third kappa shape index (κ3) is 4.68. The number of hydrogen-bond donors (Lipinski definition) is 1. The second kappa shape index (κ2) is 10.1. The maximum atomic E-state index is 8.91. The van der Waals surface area contributed by atoms with Crippen LogP contribution >= 0.6 is 0 Å². The molecule has 1 aliphatic heterocycles. The van der Waals surface area contributed by atoms with Crippen LogP contribution in [0.25, 0.3) is 28.3 Å². The SMILES string of the molecule is [2H]c1nn(CC([2H])([2H])N2C([2H])([2H])C([2H])([2H])N(c3ccc(OC([2H])([2H])C([2H])([2H])OC([2H])[2H])cc3)C([2H])([2H])C2([2H])[2H])c2nc(N)n3nc(-c4ccco4)nc3c12. The number of furan rings is 1. The highest BCUT2D eigenvalue weighted by atomic mass is 16.5. The monoisotopic (exact) mass is 520 g/mol. The van der Waals surface area contributed by atoms with Crippen LogP contribution in [0, 0.1) is 0 Å². The standard InChI is InChI=1S/C25H29N9O3/c1-35-15-16-36-19-6-4-18(5-7-19)32-11-8-31(9-12-32)10-13-33-23-20(17-27-33)24-28-22(21-3-2-14-37-21)30-34(24)25(26)29-23/h2-7,14,17H,8-13,15-16H2,1H3,(H2,26,29)/i1D2,8D2,9D2,10D2,11D2,12D2,15D2,16D2,17D. The summed E-state index contributed by atoms with van der Waals surface area (Å²) in [6, 6.07) is 6.83. The molecule has 5 aromatic rings. The molecule has 2 N–H and O–H groups in total. The Hall–Kier alpha value is -4.16. The van der Waals surface area contributed by atoms with E-state index in [-0.39, 0.29) is 44.0 Å². The molecule has 12 heteroatoms. The van der Waals surface area contributed by atoms with Gasteiger partial charge in [-0.15, -0.1) is 5.10 Å². The maximum Gasteiger partial charge on any atom is 0.225 e. The third-order valence-corrected chi connectivity index (χ3v) is 5.05. The Kier molecular flexibility index (Phi) is 3.01. The topological polar surface area (TPSA) is 125 Å². The molecule has 1 aliphatic rings. The van der Waals surface area contributed by atoms with E-state index in [9.17, 15) is 0 Å². The van der Waals surface area contributed by atoms with Gasteiger partial charge in [0, 0.05) is 53.5 Å². The van der Waals surface area contributed by atoms with Gasteiger partial charge < -0.3 is 24.5 Å². The lowest BCUT2D eigenvalue weighted by Gasteiger charge is -2.36. The van der Waals surface area contributed by atoms with E-state index in [1.807, 2.05) is 0 Å². The molecule has 192 valence electrons. The summed E-state index contributed by atoms with van der Waals surface area (Å²) in [5, 5.41) is 8.14. The van der Waals surface area contributed by atoms with Crippen LogP contribution in [-0.2, 0) is 11.3 Å². The molecule has 0 saturated carbocycles. The summed E-state index contributed by atoms with van der Waals surface area (Å²) >= 11 is 0. The highest BCUT2D eigenvalue weighted by Gasteiger charge is 2.20. The minimum Gasteiger partial charge on any atom is -0.491 e. The smallest absolute Gasteiger partial charge is 0.225 e. The molecule has 37 heavy (non-hydrogen) atoms. The van der Waals surface area contributed by atoms with Gasteiger partial charge >= 0.3 is 0 Å². The van der Waals surface area contributed by atoms with Crippen molar-refractivity contribution in [2.45, 2.75) is 6.54 Å². The zero-order valence-corrected chi connectivity index (χ0v) is 18.7. The molecule has 0 bridgehead atoms. The van der Waals surface area contributed by atoms with E-state index in [4.69, 9.17) is 38.2 Å². The molecular weight excluding hydrogens is 474 g/mol. The molecule has 0 radical (unpaired) electrons. The zero-order valence-electron chi connectivity index (χ0n) is 35.7. The van der Waals surface area contributed by atoms with Crippen molar-refractivity contribution < 1.29 is 37.2 Å². The number of nitrogens with two attached hydrogens (primary N) is 1. The van der Waals surface area contributed by atoms with Gasteiger partial charge in [-0.1, -0.05) is 0 Å². The van der Waals surface area contributed by atoms with Crippen molar-refractivity contribution in [2.24, 2.45) is 0 Å². The van der Waals surface area contributed by atoms with E-state index in [1.165, 1.54) is 6.26 Å². The summed E-state index contributed by atoms with van der Waals surface area (Å²) in [5.74, 6) is -0.402. The van der Waals surface area contributed by atoms with Gasteiger partial charge in [0.1, 0.15) is 12.3 Å². The molecule has 0 atom stereocenters. The highest BCUT2D eigenvalue weighted by molar-refractivity contribution is 5.90. The first kappa shape index (κ1) is 11.1. The third-order valence-electron chi connectivity index (χ3n) is 5.05. The average Bonchev–Trinajstić information content (AvgIpc) is 3.76. The van der Waals surface area contributed by atoms with Gasteiger partial charge in [-0.2, -0.15) is 14.6 Å². The molecule has 0 spiro atoms. The summed E-state index contributed by atoms with van der Waals surface area (Å²) < 4.78 is 159. The quantitative estimate of drug-likeness (QED) is 0.309. The highest BCUT2D eigenvalue weighted by Crippen LogP contribution is 2.24. The number of benzene rings is 1. The molecule has 0 amide bonds. The van der Waals surface area contributed by atoms with Gasteiger partial charge in [0.15, 0.2) is 17.1 Å². The Balaban J connectivity index is 1.35. The van der Waals surface area contributed by atoms with Crippen LogP contribution in [0.2, 0.25) is 0 Å². The lowest BCUT2D eigenvalue weighted by Crippen LogP contribution is -2.47. The number of methoxy groups -OCH3 is 1. The fourth-order valence-electron chi connectivity index (χ4n) is 3.38. The lowest BCUT2D eigenvalue weighted by atomic mass is 10.2. The first-order valence-corrected chi connectivity index (χ1v) is 10.5. The van der Waals surface area contributed by atoms with Crippen LogP contribution in [0.3, 0.4) is 0 Å². The molecule has 1 saturated heterocycles. The zero-order chi connectivity index (χ0) is 40.2. The average molecular weight is 521 g/mol. The van der Waals surface area contributed by atoms with E-state index < -0.39 is 76.8 Å². The predicted octanol–water partition coefficient (Wildman–Crippen LogP) is 2.16. The molecule has 1 aromatic carbocycles. The van der Waals surface area contributed by atoms with E-state index in [0.717, 1.165) is 33.5 Å². The first-order valence-electron chi connectivity index (χ1n) is 19.2. The number of fused-ring (bicyclic) bond motifs is 3. The number of aryl methyl sites for hydroxylation is 1. The van der Waals surface area contributed by atoms with Gasteiger partial charge in [-0.05, 0) is 36.4 Å². The summed E-state index contributed by atoms with van der Waals surface area (Å²) in [7, 11) is -2.21. The van der Waals surface area contributed by atoms with Crippen LogP contribution < -0.4 is 15.4 Å². The molecule has 0 unspecified atom stereocenters. The molecule has 1 fully saturated rings. The minimum absolute atomic E-state index is 0.0263. The largest absolute Gasteiger partial charge is 0.491 e. The van der Waals surface area contributed by atoms with Crippen molar-refractivity contribution in [3.63, 3.8) is 0 Å². The molecule has 6 rings (SSSR count). The summed E-state index contributed by atoms with van der Waals surface area (Å²) in [6.45, 7) is -25.5. The number of hydrogen-bond acceptors (Lipinski definition) is 10. The van der Waals surface area contributed by atoms with Gasteiger partial charge in [-0.25, -0.2) is 9.67 Å². The number of nitrogens with zero attached hydrogens (tertiary/aromatic N) is 8. The molecule has 12 nitrogen and oxygen atoms in total. The minimum atomic E-state index is -3.69. The first-order chi connectivity index (χ1) is 24.7. The van der Waals surface area contributed by atoms with Crippen molar-refractivity contribution in [3.8, 4) is 17.3 Å². The molecule has 4 aromatic heterocycles. The number of nitrogen functional groups attached to an aromatic ring is 1. The van der Waals surface area contributed by atoms with Crippen molar-refractivity contribution >= 4 is 28.3 Å². The summed E-state index contributed by atoms with van der Waals surface area (Å²) in [5.41, 5.74) is 5.32. The van der Waals surface area contributed by atoms with Gasteiger partial charge in [-0.3, -0.25) is 4.90 Å². The van der Waals surface area contributed by atoms with Gasteiger partial charge in [0.25, 0.3) is 0 Å². The predicted molar refractivity (Wildman–Crippen MR) is 139 cm³/mol. The lowest BCUT2D eigenvalue weighted by molar-refractivity contribution is 0.146. The fourth-order valence-corrected chi connectivity index (χ4v) is 3.38. The second-order valence-electron chi connectivity index (χ2n) is 7.28. The van der Waals surface area contributed by atoms with Crippen LogP contribution in [-0.4, -0.2) is 86.9 Å². The second-order valence-corrected chi connectivity index (χ2v) is 7.28. The van der Waals surface area contributed by atoms with E-state index >= 15 is 0 Å². The van der Waals surface area contributed by atoms with Crippen LogP contribution in [0.5, 0.6) is 5.75 Å². The Morgan fingerprint density at radius 1 is 1.14 bits per heavy atom. The van der Waals surface area contributed by atoms with Crippen molar-refractivity contribution in [1.82, 2.24) is 34.3 Å². The Morgan fingerprint density at radius 3 is 2.78 bits per heavy atom. The van der Waals surface area contributed by atoms with Gasteiger partial charge in [0.05, 0.1) is 46.0 Å². The number of ether oxygens (including phenoxy) is 2. The Bertz CT molecular complexity index is 2160. The number of anilines is 2. The van der Waals surface area contributed by atoms with Crippen LogP contribution in [0.4, 0.5) is 11.6 Å². The van der Waals surface area contributed by atoms with E-state index in [2.05, 4.69) is 24.9 Å². The Morgan fingerprint density at radius 2 is 2.00 bits per heavy atom. The summed E-state index contributed by atoms with van der Waals surface area (Å²) in [4.78, 5) is 8.40. The molecular formula is C25H29N9O3. The molecule has 5 heterocycles. The maximum absolute atomic E-state index is 8.91. The van der Waals surface area contributed by atoms with E-state index in [0.29, 0.717) is 0 Å². The van der Waals surface area contributed by atoms with Crippen molar-refractivity contribution in [3.05, 3.63) is 48.8 Å². The van der Waals surface area contributed by atoms with Crippen LogP contribution in [0.15, 0.2) is 53.3 Å². The van der Waals surface area contributed by atoms with E-state index in [1.54, 1.807) is 12.1 Å². The van der Waals surface area contributed by atoms with Gasteiger partial charge in [0.2, 0.25) is 11.8 Å². The van der Waals surface area contributed by atoms with Crippen molar-refractivity contribution in [1.29, 1.82) is 0 Å². The normalized spacial score (nSPS) is 28.1. The van der Waals surface area contributed by atoms with Crippen LogP contribution in [0.1, 0.15) is 23.3 Å². The Labute approximate surface area is 237 Å². The molecule has 0 aliphatic carbocycles. The number of aromatic nitrogens is 6.